The van der Waals surface area contributed by atoms with Crippen LogP contribution in [0.2, 0.25) is 0 Å². The van der Waals surface area contributed by atoms with Gasteiger partial charge in [-0.3, -0.25) is 4.79 Å². The lowest BCUT2D eigenvalue weighted by atomic mass is 9.87. The first kappa shape index (κ1) is 14.1. The molecule has 3 heteroatoms. The van der Waals surface area contributed by atoms with E-state index in [1.807, 2.05) is 25.1 Å². The van der Waals surface area contributed by atoms with E-state index in [0.717, 1.165) is 16.8 Å². The summed E-state index contributed by atoms with van der Waals surface area (Å²) < 4.78 is 0. The molecule has 0 atom stereocenters. The SMILES string of the molecule is Cc1ccc(CN)cc1NC(=O)CC1CCCCC1. The van der Waals surface area contributed by atoms with Gasteiger partial charge in [-0.15, -0.1) is 0 Å². The number of nitrogens with two attached hydrogens (primary N) is 1. The molecule has 19 heavy (non-hydrogen) atoms. The Hall–Kier alpha value is -1.35. The van der Waals surface area contributed by atoms with Crippen LogP contribution in [0.4, 0.5) is 5.69 Å². The Labute approximate surface area is 115 Å². The van der Waals surface area contributed by atoms with E-state index in [-0.39, 0.29) is 5.91 Å². The molecule has 0 spiro atoms. The van der Waals surface area contributed by atoms with Gasteiger partial charge in [0.1, 0.15) is 0 Å². The Morgan fingerprint density at radius 3 is 2.74 bits per heavy atom. The first-order chi connectivity index (χ1) is 9.19. The van der Waals surface area contributed by atoms with E-state index < -0.39 is 0 Å². The number of carbonyl (C=O) groups excluding carboxylic acids is 1. The fourth-order valence-corrected chi connectivity index (χ4v) is 2.79. The number of anilines is 1. The first-order valence-electron chi connectivity index (χ1n) is 7.28. The predicted molar refractivity (Wildman–Crippen MR) is 78.9 cm³/mol. The summed E-state index contributed by atoms with van der Waals surface area (Å²) in [4.78, 5) is 12.1. The van der Waals surface area contributed by atoms with Gasteiger partial charge in [0.15, 0.2) is 0 Å². The van der Waals surface area contributed by atoms with E-state index in [1.165, 1.54) is 32.1 Å². The molecule has 0 saturated heterocycles. The van der Waals surface area contributed by atoms with Crippen molar-refractivity contribution in [1.82, 2.24) is 0 Å². The van der Waals surface area contributed by atoms with Gasteiger partial charge in [-0.25, -0.2) is 0 Å². The van der Waals surface area contributed by atoms with Crippen molar-refractivity contribution in [2.45, 2.75) is 52.0 Å². The zero-order valence-corrected chi connectivity index (χ0v) is 11.7. The third-order valence-electron chi connectivity index (χ3n) is 4.01. The van der Waals surface area contributed by atoms with Crippen molar-refractivity contribution in [1.29, 1.82) is 0 Å². The molecule has 3 nitrogen and oxygen atoms in total. The Bertz CT molecular complexity index is 436. The maximum absolute atomic E-state index is 12.1. The van der Waals surface area contributed by atoms with Gasteiger partial charge in [0.05, 0.1) is 0 Å². The van der Waals surface area contributed by atoms with Crippen LogP contribution in [0.3, 0.4) is 0 Å². The number of benzene rings is 1. The highest BCUT2D eigenvalue weighted by Crippen LogP contribution is 2.27. The summed E-state index contributed by atoms with van der Waals surface area (Å²) in [5.41, 5.74) is 8.69. The fourth-order valence-electron chi connectivity index (χ4n) is 2.79. The van der Waals surface area contributed by atoms with Crippen LogP contribution in [0.25, 0.3) is 0 Å². The molecule has 1 fully saturated rings. The molecule has 0 aromatic heterocycles. The quantitative estimate of drug-likeness (QED) is 0.872. The second-order valence-electron chi connectivity index (χ2n) is 5.61. The summed E-state index contributed by atoms with van der Waals surface area (Å²) in [6.07, 6.45) is 6.95. The monoisotopic (exact) mass is 260 g/mol. The Morgan fingerprint density at radius 2 is 2.05 bits per heavy atom. The topological polar surface area (TPSA) is 55.1 Å². The van der Waals surface area contributed by atoms with Crippen LogP contribution in [-0.4, -0.2) is 5.91 Å². The average molecular weight is 260 g/mol. The van der Waals surface area contributed by atoms with Crippen LogP contribution in [0.5, 0.6) is 0 Å². The summed E-state index contributed by atoms with van der Waals surface area (Å²) >= 11 is 0. The van der Waals surface area contributed by atoms with Gasteiger partial charge < -0.3 is 11.1 Å². The van der Waals surface area contributed by atoms with Crippen LogP contribution in [0.15, 0.2) is 18.2 Å². The minimum Gasteiger partial charge on any atom is -0.326 e. The van der Waals surface area contributed by atoms with Crippen molar-refractivity contribution in [3.63, 3.8) is 0 Å². The first-order valence-corrected chi connectivity index (χ1v) is 7.28. The van der Waals surface area contributed by atoms with Gasteiger partial charge in [0.25, 0.3) is 0 Å². The molecule has 1 amide bonds. The smallest absolute Gasteiger partial charge is 0.224 e. The van der Waals surface area contributed by atoms with Gasteiger partial charge in [-0.05, 0) is 42.9 Å². The molecule has 2 rings (SSSR count). The van der Waals surface area contributed by atoms with Crippen molar-refractivity contribution in [2.24, 2.45) is 11.7 Å². The van der Waals surface area contributed by atoms with Gasteiger partial charge in [-0.1, -0.05) is 31.4 Å². The minimum absolute atomic E-state index is 0.143. The normalized spacial score (nSPS) is 16.3. The summed E-state index contributed by atoms with van der Waals surface area (Å²) in [6.45, 7) is 2.52. The highest BCUT2D eigenvalue weighted by atomic mass is 16.1. The van der Waals surface area contributed by atoms with Crippen LogP contribution >= 0.6 is 0 Å². The third kappa shape index (κ3) is 4.06. The molecule has 0 heterocycles. The Balaban J connectivity index is 1.94. The zero-order chi connectivity index (χ0) is 13.7. The third-order valence-corrected chi connectivity index (χ3v) is 4.01. The number of carbonyl (C=O) groups is 1. The lowest BCUT2D eigenvalue weighted by Crippen LogP contribution is -2.19. The van der Waals surface area contributed by atoms with Crippen molar-refractivity contribution < 1.29 is 4.79 Å². The van der Waals surface area contributed by atoms with E-state index in [1.54, 1.807) is 0 Å². The number of amides is 1. The van der Waals surface area contributed by atoms with Gasteiger partial charge >= 0.3 is 0 Å². The van der Waals surface area contributed by atoms with Crippen molar-refractivity contribution in [2.75, 3.05) is 5.32 Å². The highest BCUT2D eigenvalue weighted by Gasteiger charge is 2.17. The van der Waals surface area contributed by atoms with Crippen molar-refractivity contribution >= 4 is 11.6 Å². The van der Waals surface area contributed by atoms with E-state index in [0.29, 0.717) is 18.9 Å². The summed E-state index contributed by atoms with van der Waals surface area (Å²) in [5.74, 6) is 0.718. The van der Waals surface area contributed by atoms with Crippen molar-refractivity contribution in [3.8, 4) is 0 Å². The summed E-state index contributed by atoms with van der Waals surface area (Å²) in [6, 6.07) is 6.00. The molecule has 0 bridgehead atoms. The van der Waals surface area contributed by atoms with E-state index in [2.05, 4.69) is 5.32 Å². The number of rotatable bonds is 4. The van der Waals surface area contributed by atoms with Crippen LogP contribution in [0.1, 0.15) is 49.7 Å². The molecule has 3 N–H and O–H groups in total. The van der Waals surface area contributed by atoms with Gasteiger partial charge in [-0.2, -0.15) is 0 Å². The molecular weight excluding hydrogens is 236 g/mol. The lowest BCUT2D eigenvalue weighted by molar-refractivity contribution is -0.117. The van der Waals surface area contributed by atoms with Gasteiger partial charge in [0.2, 0.25) is 5.91 Å². The number of nitrogens with one attached hydrogen (secondary N) is 1. The largest absolute Gasteiger partial charge is 0.326 e. The molecule has 0 radical (unpaired) electrons. The predicted octanol–water partition coefficient (Wildman–Crippen LogP) is 3.36. The van der Waals surface area contributed by atoms with Crippen LogP contribution < -0.4 is 11.1 Å². The minimum atomic E-state index is 0.143. The number of aryl methyl sites for hydroxylation is 1. The van der Waals surface area contributed by atoms with Gasteiger partial charge in [0, 0.05) is 18.7 Å². The average Bonchev–Trinajstić information content (AvgIpc) is 2.42. The van der Waals surface area contributed by atoms with E-state index in [9.17, 15) is 4.79 Å². The summed E-state index contributed by atoms with van der Waals surface area (Å²) in [5, 5.41) is 3.04. The maximum atomic E-state index is 12.1. The number of hydrogen-bond donors (Lipinski definition) is 2. The highest BCUT2D eigenvalue weighted by molar-refractivity contribution is 5.91. The van der Waals surface area contributed by atoms with E-state index in [4.69, 9.17) is 5.73 Å². The second-order valence-corrected chi connectivity index (χ2v) is 5.61. The molecule has 1 saturated carbocycles. The summed E-state index contributed by atoms with van der Waals surface area (Å²) in [7, 11) is 0. The molecule has 104 valence electrons. The molecule has 1 aliphatic carbocycles. The fraction of sp³-hybridized carbons (Fsp3) is 0.562. The lowest BCUT2D eigenvalue weighted by Gasteiger charge is -2.21. The Morgan fingerprint density at radius 1 is 1.32 bits per heavy atom. The molecule has 0 unspecified atom stereocenters. The Kier molecular flexibility index (Phi) is 4.97. The van der Waals surface area contributed by atoms with Crippen molar-refractivity contribution in [3.05, 3.63) is 29.3 Å². The second kappa shape index (κ2) is 6.71. The molecular formula is C16H24N2O. The zero-order valence-electron chi connectivity index (χ0n) is 11.7. The molecule has 1 aliphatic rings. The van der Waals surface area contributed by atoms with E-state index >= 15 is 0 Å². The molecule has 1 aromatic carbocycles. The number of hydrogen-bond acceptors (Lipinski definition) is 2. The maximum Gasteiger partial charge on any atom is 0.224 e. The molecule has 1 aromatic rings. The van der Waals surface area contributed by atoms with Crippen LogP contribution in [0, 0.1) is 12.8 Å². The molecule has 0 aliphatic heterocycles. The standard InChI is InChI=1S/C16H24N2O/c1-12-7-8-14(11-17)9-15(12)18-16(19)10-13-5-3-2-4-6-13/h7-9,13H,2-6,10-11,17H2,1H3,(H,18,19). The van der Waals surface area contributed by atoms with Crippen LogP contribution in [-0.2, 0) is 11.3 Å².